The molecule has 0 radical (unpaired) electrons. The van der Waals surface area contributed by atoms with Crippen molar-refractivity contribution in [3.8, 4) is 0 Å². The van der Waals surface area contributed by atoms with E-state index < -0.39 is 0 Å². The second-order valence-electron chi connectivity index (χ2n) is 4.79. The summed E-state index contributed by atoms with van der Waals surface area (Å²) in [4.78, 5) is 13.0. The minimum atomic E-state index is 0.0389. The molecule has 1 saturated carbocycles. The highest BCUT2D eigenvalue weighted by atomic mass is 16.2. The van der Waals surface area contributed by atoms with Gasteiger partial charge in [0, 0.05) is 20.6 Å². The zero-order valence-electron chi connectivity index (χ0n) is 10.1. The van der Waals surface area contributed by atoms with Crippen molar-refractivity contribution in [1.29, 1.82) is 0 Å². The van der Waals surface area contributed by atoms with Crippen LogP contribution >= 0.6 is 0 Å². The SMILES string of the molecule is CN(C)C(=O)NCC1CCCCCCC1. The lowest BCUT2D eigenvalue weighted by molar-refractivity contribution is 0.214. The molecule has 0 atom stereocenters. The summed E-state index contributed by atoms with van der Waals surface area (Å²) >= 11 is 0. The van der Waals surface area contributed by atoms with Gasteiger partial charge in [0.2, 0.25) is 0 Å². The van der Waals surface area contributed by atoms with E-state index in [1.54, 1.807) is 19.0 Å². The smallest absolute Gasteiger partial charge is 0.316 e. The van der Waals surface area contributed by atoms with Gasteiger partial charge in [-0.3, -0.25) is 0 Å². The van der Waals surface area contributed by atoms with E-state index in [0.29, 0.717) is 5.92 Å². The lowest BCUT2D eigenvalue weighted by atomic mass is 9.91. The van der Waals surface area contributed by atoms with Crippen LogP contribution in [-0.4, -0.2) is 31.6 Å². The van der Waals surface area contributed by atoms with Crippen LogP contribution < -0.4 is 5.32 Å². The summed E-state index contributed by atoms with van der Waals surface area (Å²) in [6, 6.07) is 0.0389. The number of rotatable bonds is 2. The molecule has 0 spiro atoms. The summed E-state index contributed by atoms with van der Waals surface area (Å²) < 4.78 is 0. The number of nitrogens with zero attached hydrogens (tertiary/aromatic N) is 1. The van der Waals surface area contributed by atoms with Crippen molar-refractivity contribution in [2.75, 3.05) is 20.6 Å². The Hall–Kier alpha value is -0.730. The molecule has 1 aliphatic rings. The Morgan fingerprint density at radius 1 is 1.13 bits per heavy atom. The first-order valence-electron chi connectivity index (χ1n) is 6.15. The summed E-state index contributed by atoms with van der Waals surface area (Å²) in [7, 11) is 3.57. The van der Waals surface area contributed by atoms with E-state index in [9.17, 15) is 4.79 Å². The Kier molecular flexibility index (Phi) is 5.51. The Labute approximate surface area is 93.2 Å². The molecule has 1 fully saturated rings. The zero-order valence-corrected chi connectivity index (χ0v) is 10.1. The monoisotopic (exact) mass is 212 g/mol. The number of carbonyl (C=O) groups is 1. The first kappa shape index (κ1) is 12.3. The van der Waals surface area contributed by atoms with Crippen molar-refractivity contribution in [2.24, 2.45) is 5.92 Å². The molecule has 1 N–H and O–H groups in total. The third-order valence-corrected chi connectivity index (χ3v) is 3.17. The van der Waals surface area contributed by atoms with E-state index in [2.05, 4.69) is 5.32 Å². The average Bonchev–Trinajstić information content (AvgIpc) is 2.15. The Balaban J connectivity index is 2.20. The first-order valence-corrected chi connectivity index (χ1v) is 6.15. The van der Waals surface area contributed by atoms with E-state index in [4.69, 9.17) is 0 Å². The van der Waals surface area contributed by atoms with E-state index in [0.717, 1.165) is 6.54 Å². The molecule has 88 valence electrons. The molecule has 0 aromatic rings. The fourth-order valence-electron chi connectivity index (χ4n) is 2.13. The molecular weight excluding hydrogens is 188 g/mol. The highest BCUT2D eigenvalue weighted by molar-refractivity contribution is 5.73. The Morgan fingerprint density at radius 2 is 1.67 bits per heavy atom. The van der Waals surface area contributed by atoms with Gasteiger partial charge in [0.25, 0.3) is 0 Å². The number of hydrogen-bond acceptors (Lipinski definition) is 1. The highest BCUT2D eigenvalue weighted by Gasteiger charge is 2.12. The van der Waals surface area contributed by atoms with E-state index in [1.165, 1.54) is 44.9 Å². The number of hydrogen-bond donors (Lipinski definition) is 1. The molecule has 0 aliphatic heterocycles. The number of amides is 2. The van der Waals surface area contributed by atoms with Crippen LogP contribution in [0.25, 0.3) is 0 Å². The molecule has 15 heavy (non-hydrogen) atoms. The second kappa shape index (κ2) is 6.70. The third kappa shape index (κ3) is 5.05. The van der Waals surface area contributed by atoms with Crippen LogP contribution in [-0.2, 0) is 0 Å². The van der Waals surface area contributed by atoms with E-state index >= 15 is 0 Å². The molecule has 3 nitrogen and oxygen atoms in total. The van der Waals surface area contributed by atoms with Gasteiger partial charge in [-0.05, 0) is 18.8 Å². The molecule has 0 heterocycles. The predicted molar refractivity (Wildman–Crippen MR) is 62.9 cm³/mol. The van der Waals surface area contributed by atoms with E-state index in [-0.39, 0.29) is 6.03 Å². The first-order chi connectivity index (χ1) is 7.20. The fourth-order valence-corrected chi connectivity index (χ4v) is 2.13. The molecular formula is C12H24N2O. The Morgan fingerprint density at radius 3 is 2.20 bits per heavy atom. The van der Waals surface area contributed by atoms with Gasteiger partial charge in [-0.1, -0.05) is 32.1 Å². The van der Waals surface area contributed by atoms with Crippen molar-refractivity contribution in [3.63, 3.8) is 0 Å². The zero-order chi connectivity index (χ0) is 11.1. The molecule has 3 heteroatoms. The van der Waals surface area contributed by atoms with Crippen LogP contribution in [0.3, 0.4) is 0 Å². The van der Waals surface area contributed by atoms with Crippen molar-refractivity contribution in [2.45, 2.75) is 44.9 Å². The highest BCUT2D eigenvalue weighted by Crippen LogP contribution is 2.21. The van der Waals surface area contributed by atoms with Gasteiger partial charge < -0.3 is 10.2 Å². The lowest BCUT2D eigenvalue weighted by Gasteiger charge is -2.21. The quantitative estimate of drug-likeness (QED) is 0.749. The van der Waals surface area contributed by atoms with Gasteiger partial charge in [0.05, 0.1) is 0 Å². The Bertz CT molecular complexity index is 184. The van der Waals surface area contributed by atoms with Gasteiger partial charge in [-0.15, -0.1) is 0 Å². The summed E-state index contributed by atoms with van der Waals surface area (Å²) in [5.41, 5.74) is 0. The summed E-state index contributed by atoms with van der Waals surface area (Å²) in [6.45, 7) is 0.858. The minimum absolute atomic E-state index is 0.0389. The standard InChI is InChI=1S/C12H24N2O/c1-14(2)12(15)13-10-11-8-6-4-3-5-7-9-11/h11H,3-10H2,1-2H3,(H,13,15). The van der Waals surface area contributed by atoms with Crippen LogP contribution in [0.5, 0.6) is 0 Å². The van der Waals surface area contributed by atoms with Gasteiger partial charge in [0.1, 0.15) is 0 Å². The molecule has 0 bridgehead atoms. The van der Waals surface area contributed by atoms with Gasteiger partial charge in [-0.2, -0.15) is 0 Å². The number of nitrogens with one attached hydrogen (secondary N) is 1. The van der Waals surface area contributed by atoms with E-state index in [1.807, 2.05) is 0 Å². The topological polar surface area (TPSA) is 32.3 Å². The van der Waals surface area contributed by atoms with Crippen molar-refractivity contribution < 1.29 is 4.79 Å². The summed E-state index contributed by atoms with van der Waals surface area (Å²) in [5, 5.41) is 2.99. The maximum absolute atomic E-state index is 11.4. The molecule has 2 amide bonds. The normalized spacial score (nSPS) is 19.1. The van der Waals surface area contributed by atoms with Crippen LogP contribution in [0, 0.1) is 5.92 Å². The summed E-state index contributed by atoms with van der Waals surface area (Å²) in [5.74, 6) is 0.703. The van der Waals surface area contributed by atoms with Gasteiger partial charge in [0.15, 0.2) is 0 Å². The van der Waals surface area contributed by atoms with Gasteiger partial charge in [-0.25, -0.2) is 4.79 Å². The lowest BCUT2D eigenvalue weighted by Crippen LogP contribution is -2.37. The molecule has 1 aliphatic carbocycles. The average molecular weight is 212 g/mol. The molecule has 1 rings (SSSR count). The van der Waals surface area contributed by atoms with Crippen LogP contribution in [0.15, 0.2) is 0 Å². The number of urea groups is 1. The molecule has 0 aromatic heterocycles. The van der Waals surface area contributed by atoms with Crippen LogP contribution in [0.1, 0.15) is 44.9 Å². The largest absolute Gasteiger partial charge is 0.338 e. The van der Waals surface area contributed by atoms with Gasteiger partial charge >= 0.3 is 6.03 Å². The van der Waals surface area contributed by atoms with Crippen molar-refractivity contribution in [3.05, 3.63) is 0 Å². The maximum atomic E-state index is 11.4. The molecule has 0 unspecified atom stereocenters. The van der Waals surface area contributed by atoms with Crippen molar-refractivity contribution in [1.82, 2.24) is 10.2 Å². The molecule has 0 aromatic carbocycles. The minimum Gasteiger partial charge on any atom is -0.338 e. The maximum Gasteiger partial charge on any atom is 0.316 e. The fraction of sp³-hybridized carbons (Fsp3) is 0.917. The van der Waals surface area contributed by atoms with Crippen LogP contribution in [0.2, 0.25) is 0 Å². The predicted octanol–water partition coefficient (Wildman–Crippen LogP) is 2.62. The number of carbonyl (C=O) groups excluding carboxylic acids is 1. The van der Waals surface area contributed by atoms with Crippen LogP contribution in [0.4, 0.5) is 4.79 Å². The molecule has 0 saturated heterocycles. The second-order valence-corrected chi connectivity index (χ2v) is 4.79. The van der Waals surface area contributed by atoms with Crippen molar-refractivity contribution >= 4 is 6.03 Å². The summed E-state index contributed by atoms with van der Waals surface area (Å²) in [6.07, 6.45) is 9.39. The third-order valence-electron chi connectivity index (χ3n) is 3.17.